The molecular weight excluding hydrogens is 276 g/mol. The fraction of sp³-hybridized carbons (Fsp3) is 0.529. The fourth-order valence-corrected chi connectivity index (χ4v) is 2.31. The van der Waals surface area contributed by atoms with E-state index in [-0.39, 0.29) is 11.5 Å². The van der Waals surface area contributed by atoms with E-state index in [2.05, 4.69) is 41.3 Å². The van der Waals surface area contributed by atoms with Gasteiger partial charge in [-0.3, -0.25) is 5.10 Å². The molecule has 0 saturated heterocycles. The minimum absolute atomic E-state index is 0.0632. The van der Waals surface area contributed by atoms with Gasteiger partial charge in [0.05, 0.1) is 12.3 Å². The van der Waals surface area contributed by atoms with Crippen molar-refractivity contribution in [3.05, 3.63) is 41.3 Å². The molecule has 2 heterocycles. The van der Waals surface area contributed by atoms with Crippen molar-refractivity contribution in [3.63, 3.8) is 0 Å². The minimum atomic E-state index is 0.0632. The van der Waals surface area contributed by atoms with E-state index in [4.69, 9.17) is 4.74 Å². The van der Waals surface area contributed by atoms with Crippen molar-refractivity contribution in [2.75, 3.05) is 0 Å². The summed E-state index contributed by atoms with van der Waals surface area (Å²) < 4.78 is 5.74. The first-order valence-electron chi connectivity index (χ1n) is 7.72. The van der Waals surface area contributed by atoms with Gasteiger partial charge in [-0.05, 0) is 19.9 Å². The molecule has 0 aliphatic rings. The van der Waals surface area contributed by atoms with E-state index < -0.39 is 0 Å². The number of pyridine rings is 1. The van der Waals surface area contributed by atoms with Gasteiger partial charge in [0, 0.05) is 41.5 Å². The third kappa shape index (κ3) is 4.31. The molecule has 120 valence electrons. The summed E-state index contributed by atoms with van der Waals surface area (Å²) in [6.07, 6.45) is 3.77. The molecule has 5 heteroatoms. The Bertz CT molecular complexity index is 599. The largest absolute Gasteiger partial charge is 0.475 e. The zero-order chi connectivity index (χ0) is 16.2. The Morgan fingerprint density at radius 1 is 1.23 bits per heavy atom. The molecule has 0 fully saturated rings. The zero-order valence-corrected chi connectivity index (χ0v) is 14.1. The number of hydrogen-bond donors (Lipinski definition) is 2. The maximum atomic E-state index is 5.74. The molecule has 2 rings (SSSR count). The SMILES string of the molecule is CC(C)Oc1ncccc1CNCc1cn[nH]c1C(C)(C)C. The molecule has 0 aromatic carbocycles. The highest BCUT2D eigenvalue weighted by Gasteiger charge is 2.19. The van der Waals surface area contributed by atoms with Crippen LogP contribution in [0, 0.1) is 0 Å². The van der Waals surface area contributed by atoms with Crippen molar-refractivity contribution in [3.8, 4) is 5.88 Å². The van der Waals surface area contributed by atoms with Crippen LogP contribution >= 0.6 is 0 Å². The van der Waals surface area contributed by atoms with Gasteiger partial charge in [-0.25, -0.2) is 4.98 Å². The summed E-state index contributed by atoms with van der Waals surface area (Å²) in [5.41, 5.74) is 3.50. The Kier molecular flexibility index (Phi) is 5.19. The summed E-state index contributed by atoms with van der Waals surface area (Å²) >= 11 is 0. The van der Waals surface area contributed by atoms with Gasteiger partial charge in [-0.1, -0.05) is 26.8 Å². The van der Waals surface area contributed by atoms with E-state index in [1.165, 1.54) is 11.3 Å². The normalized spacial score (nSPS) is 11.9. The third-order valence-electron chi connectivity index (χ3n) is 3.30. The van der Waals surface area contributed by atoms with Crippen molar-refractivity contribution >= 4 is 0 Å². The maximum absolute atomic E-state index is 5.74. The lowest BCUT2D eigenvalue weighted by atomic mass is 9.89. The first kappa shape index (κ1) is 16.5. The van der Waals surface area contributed by atoms with E-state index in [1.807, 2.05) is 32.2 Å². The number of H-pyrrole nitrogens is 1. The van der Waals surface area contributed by atoms with Crippen molar-refractivity contribution in [1.82, 2.24) is 20.5 Å². The maximum Gasteiger partial charge on any atom is 0.218 e. The quantitative estimate of drug-likeness (QED) is 0.860. The van der Waals surface area contributed by atoms with E-state index in [0.717, 1.165) is 12.1 Å². The molecule has 5 nitrogen and oxygen atoms in total. The van der Waals surface area contributed by atoms with E-state index >= 15 is 0 Å². The van der Waals surface area contributed by atoms with Gasteiger partial charge in [0.1, 0.15) is 0 Å². The molecule has 2 N–H and O–H groups in total. The highest BCUT2D eigenvalue weighted by Crippen LogP contribution is 2.23. The smallest absolute Gasteiger partial charge is 0.218 e. The van der Waals surface area contributed by atoms with E-state index in [0.29, 0.717) is 12.4 Å². The van der Waals surface area contributed by atoms with E-state index in [1.54, 1.807) is 6.20 Å². The van der Waals surface area contributed by atoms with Crippen LogP contribution in [0.2, 0.25) is 0 Å². The number of nitrogens with zero attached hydrogens (tertiary/aromatic N) is 2. The summed E-state index contributed by atoms with van der Waals surface area (Å²) in [6, 6.07) is 3.97. The van der Waals surface area contributed by atoms with Crippen LogP contribution in [0.3, 0.4) is 0 Å². The molecule has 0 aliphatic carbocycles. The summed E-state index contributed by atoms with van der Waals surface area (Å²) in [6.45, 7) is 12.0. The molecule has 2 aromatic heterocycles. The summed E-state index contributed by atoms with van der Waals surface area (Å²) in [7, 11) is 0. The number of rotatable bonds is 6. The molecular formula is C17H26N4O. The van der Waals surface area contributed by atoms with Crippen LogP contribution in [-0.4, -0.2) is 21.3 Å². The number of aromatic nitrogens is 3. The van der Waals surface area contributed by atoms with Crippen LogP contribution < -0.4 is 10.1 Å². The monoisotopic (exact) mass is 302 g/mol. The van der Waals surface area contributed by atoms with Crippen LogP contribution in [0.4, 0.5) is 0 Å². The zero-order valence-electron chi connectivity index (χ0n) is 14.1. The van der Waals surface area contributed by atoms with Gasteiger partial charge in [-0.15, -0.1) is 0 Å². The second-order valence-corrected chi connectivity index (χ2v) is 6.76. The van der Waals surface area contributed by atoms with Crippen LogP contribution in [0.15, 0.2) is 24.5 Å². The Morgan fingerprint density at radius 3 is 2.64 bits per heavy atom. The third-order valence-corrected chi connectivity index (χ3v) is 3.30. The lowest BCUT2D eigenvalue weighted by molar-refractivity contribution is 0.229. The first-order valence-corrected chi connectivity index (χ1v) is 7.72. The summed E-state index contributed by atoms with van der Waals surface area (Å²) in [5.74, 6) is 0.702. The van der Waals surface area contributed by atoms with Gasteiger partial charge in [0.15, 0.2) is 0 Å². The summed E-state index contributed by atoms with van der Waals surface area (Å²) in [4.78, 5) is 4.31. The molecule has 0 bridgehead atoms. The number of ether oxygens (including phenoxy) is 1. The van der Waals surface area contributed by atoms with Gasteiger partial charge < -0.3 is 10.1 Å². The number of aromatic amines is 1. The lowest BCUT2D eigenvalue weighted by Crippen LogP contribution is -2.19. The van der Waals surface area contributed by atoms with Crippen LogP contribution in [-0.2, 0) is 18.5 Å². The minimum Gasteiger partial charge on any atom is -0.475 e. The fourth-order valence-electron chi connectivity index (χ4n) is 2.31. The Labute approximate surface area is 132 Å². The lowest BCUT2D eigenvalue weighted by Gasteiger charge is -2.18. The second kappa shape index (κ2) is 6.92. The van der Waals surface area contributed by atoms with Crippen LogP contribution in [0.5, 0.6) is 5.88 Å². The van der Waals surface area contributed by atoms with Crippen molar-refractivity contribution in [2.45, 2.75) is 59.2 Å². The Hall–Kier alpha value is -1.88. The predicted molar refractivity (Wildman–Crippen MR) is 87.8 cm³/mol. The van der Waals surface area contributed by atoms with Gasteiger partial charge in [-0.2, -0.15) is 5.10 Å². The van der Waals surface area contributed by atoms with Gasteiger partial charge in [0.25, 0.3) is 0 Å². The highest BCUT2D eigenvalue weighted by molar-refractivity contribution is 5.26. The molecule has 0 aliphatic heterocycles. The van der Waals surface area contributed by atoms with Crippen LogP contribution in [0.1, 0.15) is 51.4 Å². The molecule has 0 saturated carbocycles. The predicted octanol–water partition coefficient (Wildman–Crippen LogP) is 3.18. The Morgan fingerprint density at radius 2 is 1.95 bits per heavy atom. The van der Waals surface area contributed by atoms with Gasteiger partial charge >= 0.3 is 0 Å². The highest BCUT2D eigenvalue weighted by atomic mass is 16.5. The van der Waals surface area contributed by atoms with E-state index in [9.17, 15) is 0 Å². The standard InChI is InChI=1S/C17H26N4O/c1-12(2)22-16-13(7-6-8-19-16)9-18-10-14-11-20-21-15(14)17(3,4)5/h6-8,11-12,18H,9-10H2,1-5H3,(H,20,21). The number of hydrogen-bond acceptors (Lipinski definition) is 4. The average molecular weight is 302 g/mol. The second-order valence-electron chi connectivity index (χ2n) is 6.76. The molecule has 0 spiro atoms. The van der Waals surface area contributed by atoms with Crippen molar-refractivity contribution in [2.24, 2.45) is 0 Å². The topological polar surface area (TPSA) is 62.8 Å². The molecule has 2 aromatic rings. The molecule has 22 heavy (non-hydrogen) atoms. The first-order chi connectivity index (χ1) is 10.4. The molecule has 0 atom stereocenters. The van der Waals surface area contributed by atoms with Crippen LogP contribution in [0.25, 0.3) is 0 Å². The van der Waals surface area contributed by atoms with Crippen molar-refractivity contribution < 1.29 is 4.74 Å². The molecule has 0 amide bonds. The molecule has 0 radical (unpaired) electrons. The average Bonchev–Trinajstić information content (AvgIpc) is 2.88. The van der Waals surface area contributed by atoms with Gasteiger partial charge in [0.2, 0.25) is 5.88 Å². The van der Waals surface area contributed by atoms with Crippen molar-refractivity contribution in [1.29, 1.82) is 0 Å². The Balaban J connectivity index is 1.99. The summed E-state index contributed by atoms with van der Waals surface area (Å²) in [5, 5.41) is 10.7. The number of nitrogens with one attached hydrogen (secondary N) is 2. The molecule has 0 unspecified atom stereocenters.